The zero-order valence-corrected chi connectivity index (χ0v) is 18.2. The first-order valence-electron chi connectivity index (χ1n) is 10.4. The molecule has 1 fully saturated rings. The lowest BCUT2D eigenvalue weighted by Crippen LogP contribution is -2.31. The number of thioether (sulfide) groups is 1. The molecule has 0 saturated heterocycles. The lowest BCUT2D eigenvalue weighted by atomic mass is 9.81. The highest BCUT2D eigenvalue weighted by Crippen LogP contribution is 2.57. The number of carbonyl (C=O) groups is 1. The van der Waals surface area contributed by atoms with Crippen LogP contribution in [0.25, 0.3) is 0 Å². The van der Waals surface area contributed by atoms with Crippen LogP contribution in [0.1, 0.15) is 54.9 Å². The molecule has 2 aliphatic rings. The number of fused-ring (bicyclic) bond motifs is 1. The molecule has 1 heterocycles. The van der Waals surface area contributed by atoms with Crippen LogP contribution < -0.4 is 10.6 Å². The minimum Gasteiger partial charge on any atom is -0.369 e. The Hall–Kier alpha value is -2.01. The molecule has 0 radical (unpaired) electrons. The van der Waals surface area contributed by atoms with E-state index in [-0.39, 0.29) is 23.1 Å². The van der Waals surface area contributed by atoms with E-state index in [0.29, 0.717) is 0 Å². The van der Waals surface area contributed by atoms with Crippen molar-refractivity contribution in [2.75, 3.05) is 17.2 Å². The summed E-state index contributed by atoms with van der Waals surface area (Å²) in [6.45, 7) is 8.06. The predicted molar refractivity (Wildman–Crippen MR) is 118 cm³/mol. The largest absolute Gasteiger partial charge is 0.369 e. The third-order valence-electron chi connectivity index (χ3n) is 6.49. The Bertz CT molecular complexity index is 954. The highest BCUT2D eigenvalue weighted by molar-refractivity contribution is 7.99. The van der Waals surface area contributed by atoms with E-state index in [1.54, 1.807) is 23.9 Å². The topological polar surface area (TPSA) is 46.3 Å². The molecule has 3 nitrogen and oxygen atoms in total. The summed E-state index contributed by atoms with van der Waals surface area (Å²) < 4.78 is 13.5. The van der Waals surface area contributed by atoms with Gasteiger partial charge in [-0.2, -0.15) is 0 Å². The van der Waals surface area contributed by atoms with E-state index in [0.717, 1.165) is 54.8 Å². The molecule has 0 bridgehead atoms. The van der Waals surface area contributed by atoms with Crippen LogP contribution in [0.5, 0.6) is 0 Å². The highest BCUT2D eigenvalue weighted by atomic mass is 32.2. The van der Waals surface area contributed by atoms with Gasteiger partial charge in [0.2, 0.25) is 5.91 Å². The van der Waals surface area contributed by atoms with Crippen molar-refractivity contribution in [2.45, 2.75) is 57.4 Å². The molecule has 2 N–H and O–H groups in total. The van der Waals surface area contributed by atoms with E-state index in [1.165, 1.54) is 16.1 Å². The fourth-order valence-corrected chi connectivity index (χ4v) is 5.59. The molecule has 1 saturated carbocycles. The van der Waals surface area contributed by atoms with Crippen LogP contribution in [0.4, 0.5) is 10.1 Å². The number of hydrogen-bond acceptors (Lipinski definition) is 3. The number of benzene rings is 2. The number of nitrogens with zero attached hydrogens (tertiary/aromatic N) is 1. The van der Waals surface area contributed by atoms with Gasteiger partial charge in [-0.25, -0.2) is 4.39 Å². The Morgan fingerprint density at radius 3 is 2.69 bits per heavy atom. The van der Waals surface area contributed by atoms with Crippen molar-refractivity contribution in [2.24, 2.45) is 11.1 Å². The van der Waals surface area contributed by atoms with E-state index in [2.05, 4.69) is 37.8 Å². The van der Waals surface area contributed by atoms with E-state index < -0.39 is 0 Å². The lowest BCUT2D eigenvalue weighted by molar-refractivity contribution is -0.120. The Morgan fingerprint density at radius 2 is 2.03 bits per heavy atom. The number of hydrogen-bond donors (Lipinski definition) is 1. The summed E-state index contributed by atoms with van der Waals surface area (Å²) in [7, 11) is 0. The Morgan fingerprint density at radius 1 is 1.28 bits per heavy atom. The van der Waals surface area contributed by atoms with Crippen LogP contribution >= 0.6 is 11.8 Å². The van der Waals surface area contributed by atoms with Crippen molar-refractivity contribution in [1.29, 1.82) is 0 Å². The van der Waals surface area contributed by atoms with Gasteiger partial charge < -0.3 is 10.6 Å². The van der Waals surface area contributed by atoms with E-state index in [1.807, 2.05) is 6.07 Å². The number of amides is 1. The van der Waals surface area contributed by atoms with Crippen molar-refractivity contribution < 1.29 is 9.18 Å². The molecule has 0 spiro atoms. The Labute approximate surface area is 176 Å². The normalized spacial score (nSPS) is 18.3. The number of primary amides is 1. The maximum atomic E-state index is 13.5. The van der Waals surface area contributed by atoms with Crippen LogP contribution in [-0.2, 0) is 17.8 Å². The van der Waals surface area contributed by atoms with Crippen molar-refractivity contribution in [1.82, 2.24) is 0 Å². The second-order valence-corrected chi connectivity index (χ2v) is 9.99. The van der Waals surface area contributed by atoms with Crippen LogP contribution in [0.3, 0.4) is 0 Å². The monoisotopic (exact) mass is 412 g/mol. The van der Waals surface area contributed by atoms with Crippen molar-refractivity contribution in [3.63, 3.8) is 0 Å². The standard InChI is InChI=1S/C24H29FN2OS/c1-4-29-20-13-19(27-10-7-16-12-18(25)6-5-17(16)14-27)11-15(2)21(20)22(23(26)28)24(3)8-9-24/h5-6,11-13,22H,4,7-10,14H2,1-3H3,(H2,26,28). The number of aryl methyl sites for hydroxylation is 1. The second-order valence-electron chi connectivity index (χ2n) is 8.68. The summed E-state index contributed by atoms with van der Waals surface area (Å²) in [5.41, 5.74) is 11.6. The third-order valence-corrected chi connectivity index (χ3v) is 7.43. The summed E-state index contributed by atoms with van der Waals surface area (Å²) in [5, 5.41) is 0. The van der Waals surface area contributed by atoms with E-state index in [4.69, 9.17) is 5.73 Å². The van der Waals surface area contributed by atoms with Crippen LogP contribution in [0, 0.1) is 18.2 Å². The lowest BCUT2D eigenvalue weighted by Gasteiger charge is -2.33. The quantitative estimate of drug-likeness (QED) is 0.665. The van der Waals surface area contributed by atoms with Gasteiger partial charge in [0.05, 0.1) is 5.92 Å². The predicted octanol–water partition coefficient (Wildman–Crippen LogP) is 5.18. The van der Waals surface area contributed by atoms with E-state index in [9.17, 15) is 9.18 Å². The molecular weight excluding hydrogens is 383 g/mol. The minimum atomic E-state index is -0.226. The first-order chi connectivity index (χ1) is 13.8. The Kier molecular flexibility index (Phi) is 5.36. The minimum absolute atomic E-state index is 0.00466. The van der Waals surface area contributed by atoms with Crippen molar-refractivity contribution in [3.8, 4) is 0 Å². The smallest absolute Gasteiger partial charge is 0.225 e. The van der Waals surface area contributed by atoms with Gasteiger partial charge in [-0.05, 0) is 83.9 Å². The van der Waals surface area contributed by atoms with Crippen LogP contribution in [0.15, 0.2) is 35.2 Å². The van der Waals surface area contributed by atoms with Crippen LogP contribution in [-0.4, -0.2) is 18.2 Å². The average Bonchev–Trinajstić information content (AvgIpc) is 3.41. The molecule has 154 valence electrons. The number of anilines is 1. The molecule has 2 aromatic rings. The number of halogens is 1. The third kappa shape index (κ3) is 3.89. The molecule has 2 aromatic carbocycles. The number of rotatable bonds is 6. The average molecular weight is 413 g/mol. The molecule has 1 amide bonds. The molecular formula is C24H29FN2OS. The molecule has 1 unspecified atom stereocenters. The SMILES string of the molecule is CCSc1cc(N2CCc3cc(F)ccc3C2)cc(C)c1C(C(N)=O)C1(C)CC1. The maximum Gasteiger partial charge on any atom is 0.225 e. The second kappa shape index (κ2) is 7.67. The van der Waals surface area contributed by atoms with E-state index >= 15 is 0 Å². The summed E-state index contributed by atoms with van der Waals surface area (Å²) in [6, 6.07) is 9.53. The zero-order chi connectivity index (χ0) is 20.8. The van der Waals surface area contributed by atoms with Gasteiger partial charge in [0.15, 0.2) is 0 Å². The highest BCUT2D eigenvalue weighted by Gasteiger charge is 2.49. The molecule has 1 atom stereocenters. The summed E-state index contributed by atoms with van der Waals surface area (Å²) >= 11 is 1.79. The number of carbonyl (C=O) groups excluding carboxylic acids is 1. The molecule has 29 heavy (non-hydrogen) atoms. The van der Waals surface area contributed by atoms with Gasteiger partial charge >= 0.3 is 0 Å². The molecule has 4 rings (SSSR count). The fraction of sp³-hybridized carbons (Fsp3) is 0.458. The Balaban J connectivity index is 1.71. The zero-order valence-electron chi connectivity index (χ0n) is 17.4. The van der Waals surface area contributed by atoms with Crippen molar-refractivity contribution in [3.05, 3.63) is 58.4 Å². The first kappa shape index (κ1) is 20.3. The summed E-state index contributed by atoms with van der Waals surface area (Å²) in [6.07, 6.45) is 2.95. The molecule has 0 aromatic heterocycles. The first-order valence-corrected chi connectivity index (χ1v) is 11.4. The summed E-state index contributed by atoms with van der Waals surface area (Å²) in [5.74, 6) is 0.341. The molecule has 1 aliphatic carbocycles. The number of nitrogens with two attached hydrogens (primary N) is 1. The summed E-state index contributed by atoms with van der Waals surface area (Å²) in [4.78, 5) is 15.9. The van der Waals surface area contributed by atoms with Gasteiger partial charge in [-0.1, -0.05) is 19.9 Å². The van der Waals surface area contributed by atoms with Gasteiger partial charge in [0, 0.05) is 23.7 Å². The molecule has 1 aliphatic heterocycles. The molecule has 5 heteroatoms. The fourth-order valence-electron chi connectivity index (χ4n) is 4.64. The van der Waals surface area contributed by atoms with Gasteiger partial charge in [-0.3, -0.25) is 4.79 Å². The van der Waals surface area contributed by atoms with Crippen LogP contribution in [0.2, 0.25) is 0 Å². The van der Waals surface area contributed by atoms with Gasteiger partial charge in [0.1, 0.15) is 5.82 Å². The van der Waals surface area contributed by atoms with Gasteiger partial charge in [-0.15, -0.1) is 11.8 Å². The maximum absolute atomic E-state index is 13.5. The van der Waals surface area contributed by atoms with Gasteiger partial charge in [0.25, 0.3) is 0 Å². The van der Waals surface area contributed by atoms with Crippen molar-refractivity contribution >= 4 is 23.4 Å².